The summed E-state index contributed by atoms with van der Waals surface area (Å²) in [5, 5.41) is 11.4. The molecule has 1 aliphatic heterocycles. The van der Waals surface area contributed by atoms with Crippen LogP contribution in [0.4, 0.5) is 18.9 Å². The van der Waals surface area contributed by atoms with Gasteiger partial charge < -0.3 is 14.6 Å². The van der Waals surface area contributed by atoms with E-state index in [1.165, 1.54) is 37.4 Å². The molecule has 1 fully saturated rings. The Kier molecular flexibility index (Phi) is 6.88. The van der Waals surface area contributed by atoms with Gasteiger partial charge in [-0.3, -0.25) is 14.5 Å². The van der Waals surface area contributed by atoms with E-state index in [2.05, 4.69) is 4.74 Å². The fourth-order valence-corrected chi connectivity index (χ4v) is 4.15. The molecule has 1 aliphatic rings. The maximum absolute atomic E-state index is 13.2. The first kappa shape index (κ1) is 25.4. The summed E-state index contributed by atoms with van der Waals surface area (Å²) >= 11 is 12.0. The second-order valence-electron chi connectivity index (χ2n) is 7.62. The largest absolute Gasteiger partial charge is 0.573 e. The first-order chi connectivity index (χ1) is 17.0. The van der Waals surface area contributed by atoms with Crippen LogP contribution < -0.4 is 14.4 Å². The maximum atomic E-state index is 13.2. The fraction of sp³-hybridized carbons (Fsp3) is 0.120. The van der Waals surface area contributed by atoms with E-state index in [1.807, 2.05) is 0 Å². The number of ether oxygens (including phenoxy) is 2. The number of Topliss-reactive ketones (excluding diaryl/α,β-unsaturated/α-hetero) is 1. The predicted octanol–water partition coefficient (Wildman–Crippen LogP) is 6.53. The van der Waals surface area contributed by atoms with Crippen LogP contribution in [0.25, 0.3) is 5.76 Å². The molecule has 36 heavy (non-hydrogen) atoms. The molecule has 0 bridgehead atoms. The van der Waals surface area contributed by atoms with Gasteiger partial charge in [-0.1, -0.05) is 41.4 Å². The van der Waals surface area contributed by atoms with Crippen molar-refractivity contribution in [1.29, 1.82) is 0 Å². The number of alkyl halides is 3. The Labute approximate surface area is 213 Å². The quantitative estimate of drug-likeness (QED) is 0.227. The van der Waals surface area contributed by atoms with Gasteiger partial charge in [0.15, 0.2) is 0 Å². The monoisotopic (exact) mass is 537 g/mol. The Morgan fingerprint density at radius 3 is 2.31 bits per heavy atom. The number of halogens is 5. The highest BCUT2D eigenvalue weighted by atomic mass is 35.5. The second-order valence-corrected chi connectivity index (χ2v) is 8.43. The molecule has 3 aromatic carbocycles. The Morgan fingerprint density at radius 1 is 0.944 bits per heavy atom. The second kappa shape index (κ2) is 9.75. The molecule has 0 radical (unpaired) electrons. The Balaban J connectivity index is 1.93. The van der Waals surface area contributed by atoms with Gasteiger partial charge in [-0.25, -0.2) is 0 Å². The van der Waals surface area contributed by atoms with E-state index in [1.54, 1.807) is 24.3 Å². The normalized spacial score (nSPS) is 17.4. The number of rotatable bonds is 5. The van der Waals surface area contributed by atoms with Gasteiger partial charge in [0.1, 0.15) is 17.3 Å². The van der Waals surface area contributed by atoms with E-state index in [9.17, 15) is 27.9 Å². The molecule has 6 nitrogen and oxygen atoms in total. The van der Waals surface area contributed by atoms with Gasteiger partial charge in [-0.2, -0.15) is 0 Å². The summed E-state index contributed by atoms with van der Waals surface area (Å²) in [5.74, 6) is -2.84. The number of aliphatic hydroxyl groups excluding tert-OH is 1. The molecule has 11 heteroatoms. The Morgan fingerprint density at radius 2 is 1.64 bits per heavy atom. The van der Waals surface area contributed by atoms with Gasteiger partial charge in [0.25, 0.3) is 11.7 Å². The summed E-state index contributed by atoms with van der Waals surface area (Å²) in [6, 6.07) is 13.9. The third-order valence-electron chi connectivity index (χ3n) is 5.38. The number of carbonyl (C=O) groups is 2. The lowest BCUT2D eigenvalue weighted by Gasteiger charge is -2.26. The summed E-state index contributed by atoms with van der Waals surface area (Å²) in [6.07, 6.45) is -4.97. The van der Waals surface area contributed by atoms with Crippen LogP contribution in [0.15, 0.2) is 72.3 Å². The van der Waals surface area contributed by atoms with Gasteiger partial charge in [-0.05, 0) is 48.0 Å². The molecule has 1 amide bonds. The molecular formula is C25H16Cl2F3NO5. The molecule has 3 aromatic rings. The molecule has 1 heterocycles. The van der Waals surface area contributed by atoms with Crippen molar-refractivity contribution < 1.29 is 37.3 Å². The number of hydrogen-bond donors (Lipinski definition) is 1. The molecule has 1 N–H and O–H groups in total. The summed E-state index contributed by atoms with van der Waals surface area (Å²) in [7, 11) is 1.42. The van der Waals surface area contributed by atoms with Crippen molar-refractivity contribution in [3.05, 3.63) is 93.5 Å². The van der Waals surface area contributed by atoms with E-state index in [0.29, 0.717) is 11.3 Å². The lowest BCUT2D eigenvalue weighted by atomic mass is 9.95. The van der Waals surface area contributed by atoms with Crippen molar-refractivity contribution in [2.24, 2.45) is 0 Å². The number of amides is 1. The van der Waals surface area contributed by atoms with Crippen molar-refractivity contribution in [2.45, 2.75) is 12.4 Å². The minimum absolute atomic E-state index is 0.0557. The Hall–Kier alpha value is -3.69. The van der Waals surface area contributed by atoms with Gasteiger partial charge in [0, 0.05) is 17.3 Å². The number of hydrogen-bond acceptors (Lipinski definition) is 5. The smallest absolute Gasteiger partial charge is 0.507 e. The number of benzene rings is 3. The summed E-state index contributed by atoms with van der Waals surface area (Å²) in [6.45, 7) is 0. The highest BCUT2D eigenvalue weighted by Gasteiger charge is 2.47. The van der Waals surface area contributed by atoms with Crippen molar-refractivity contribution >= 4 is 46.3 Å². The molecule has 0 aliphatic carbocycles. The standard InChI is InChI=1S/C25H16Cl2F3NO5/c1-35-16-6-2-4-13(10-16)21-20(22(32)14-8-9-18(26)19(27)11-14)23(33)24(34)31(21)15-5-3-7-17(12-15)36-25(28,29)30/h2-12,21,32H,1H3/b22-20+. The summed E-state index contributed by atoms with van der Waals surface area (Å²) in [4.78, 5) is 27.4. The Bertz CT molecular complexity index is 1390. The molecule has 0 saturated carbocycles. The summed E-state index contributed by atoms with van der Waals surface area (Å²) in [5.41, 5.74) is 0.121. The van der Waals surface area contributed by atoms with Gasteiger partial charge in [-0.15, -0.1) is 13.2 Å². The van der Waals surface area contributed by atoms with Gasteiger partial charge >= 0.3 is 6.36 Å². The van der Waals surface area contributed by atoms with Crippen LogP contribution in [0.3, 0.4) is 0 Å². The van der Waals surface area contributed by atoms with E-state index in [4.69, 9.17) is 27.9 Å². The van der Waals surface area contributed by atoms with E-state index < -0.39 is 35.6 Å². The first-order valence-electron chi connectivity index (χ1n) is 10.3. The minimum Gasteiger partial charge on any atom is -0.507 e. The lowest BCUT2D eigenvalue weighted by molar-refractivity contribution is -0.274. The third-order valence-corrected chi connectivity index (χ3v) is 6.12. The van der Waals surface area contributed by atoms with Crippen LogP contribution in [0, 0.1) is 0 Å². The molecular weight excluding hydrogens is 522 g/mol. The zero-order valence-electron chi connectivity index (χ0n) is 18.3. The predicted molar refractivity (Wildman–Crippen MR) is 127 cm³/mol. The number of aliphatic hydroxyl groups is 1. The third kappa shape index (κ3) is 4.98. The molecule has 1 atom stereocenters. The molecule has 186 valence electrons. The molecule has 0 aromatic heterocycles. The number of anilines is 1. The van der Waals surface area contributed by atoms with Gasteiger partial charge in [0.05, 0.1) is 28.8 Å². The zero-order valence-corrected chi connectivity index (χ0v) is 19.9. The highest BCUT2D eigenvalue weighted by molar-refractivity contribution is 6.51. The van der Waals surface area contributed by atoms with Crippen molar-refractivity contribution in [3.63, 3.8) is 0 Å². The first-order valence-corrected chi connectivity index (χ1v) is 11.0. The molecule has 1 unspecified atom stereocenters. The van der Waals surface area contributed by atoms with Crippen LogP contribution in [-0.2, 0) is 9.59 Å². The highest BCUT2D eigenvalue weighted by Crippen LogP contribution is 2.44. The SMILES string of the molecule is COc1cccc(C2/C(=C(\O)c3ccc(Cl)c(Cl)c3)C(=O)C(=O)N2c2cccc(OC(F)(F)F)c2)c1. The van der Waals surface area contributed by atoms with Crippen LogP contribution in [0.5, 0.6) is 11.5 Å². The number of methoxy groups -OCH3 is 1. The maximum Gasteiger partial charge on any atom is 0.573 e. The van der Waals surface area contributed by atoms with E-state index >= 15 is 0 Å². The van der Waals surface area contributed by atoms with Crippen molar-refractivity contribution in [1.82, 2.24) is 0 Å². The zero-order chi connectivity index (χ0) is 26.2. The molecule has 1 saturated heterocycles. The van der Waals surface area contributed by atoms with Crippen LogP contribution >= 0.6 is 23.2 Å². The van der Waals surface area contributed by atoms with Gasteiger partial charge in [0.2, 0.25) is 0 Å². The number of carbonyl (C=O) groups excluding carboxylic acids is 2. The fourth-order valence-electron chi connectivity index (χ4n) is 3.86. The van der Waals surface area contributed by atoms with Crippen LogP contribution in [-0.4, -0.2) is 30.3 Å². The average molecular weight is 538 g/mol. The van der Waals surface area contributed by atoms with Crippen LogP contribution in [0.2, 0.25) is 10.0 Å². The van der Waals surface area contributed by atoms with E-state index in [-0.39, 0.29) is 26.9 Å². The lowest BCUT2D eigenvalue weighted by Crippen LogP contribution is -2.29. The average Bonchev–Trinajstić information content (AvgIpc) is 3.10. The minimum atomic E-state index is -4.97. The van der Waals surface area contributed by atoms with Crippen molar-refractivity contribution in [2.75, 3.05) is 12.0 Å². The molecule has 0 spiro atoms. The topological polar surface area (TPSA) is 76.1 Å². The van der Waals surface area contributed by atoms with Crippen molar-refractivity contribution in [3.8, 4) is 11.5 Å². The number of ketones is 1. The van der Waals surface area contributed by atoms with E-state index in [0.717, 1.165) is 17.0 Å². The molecule has 4 rings (SSSR count). The van der Waals surface area contributed by atoms with Crippen LogP contribution in [0.1, 0.15) is 17.2 Å². The number of nitrogens with zero attached hydrogens (tertiary/aromatic N) is 1. The summed E-state index contributed by atoms with van der Waals surface area (Å²) < 4.78 is 47.6.